The van der Waals surface area contributed by atoms with Crippen LogP contribution in [0.4, 0.5) is 0 Å². The van der Waals surface area contributed by atoms with Gasteiger partial charge in [0.1, 0.15) is 0 Å². The van der Waals surface area contributed by atoms with Gasteiger partial charge in [0.05, 0.1) is 0 Å². The highest BCUT2D eigenvalue weighted by molar-refractivity contribution is 5.35. The molecule has 0 spiro atoms. The number of allylic oxidation sites excluding steroid dienone is 2. The third kappa shape index (κ3) is 1.89. The van der Waals surface area contributed by atoms with Gasteiger partial charge in [0.25, 0.3) is 0 Å². The van der Waals surface area contributed by atoms with Crippen LogP contribution in [0.25, 0.3) is 0 Å². The maximum absolute atomic E-state index is 2.35. The van der Waals surface area contributed by atoms with Gasteiger partial charge in [0.2, 0.25) is 0 Å². The smallest absolute Gasteiger partial charge is 0.00944 e. The molecule has 74 valence electrons. The lowest BCUT2D eigenvalue weighted by Gasteiger charge is -2.19. The van der Waals surface area contributed by atoms with Crippen LogP contribution in [-0.4, -0.2) is 0 Å². The topological polar surface area (TPSA) is 0 Å². The molecule has 1 aromatic carbocycles. The van der Waals surface area contributed by atoms with E-state index in [2.05, 4.69) is 51.1 Å². The summed E-state index contributed by atoms with van der Waals surface area (Å²) >= 11 is 0. The molecule has 0 saturated carbocycles. The summed E-state index contributed by atoms with van der Waals surface area (Å²) in [6.07, 6.45) is 6.92. The molecule has 0 bridgehead atoms. The van der Waals surface area contributed by atoms with Crippen LogP contribution in [0, 0.1) is 12.3 Å². The fourth-order valence-electron chi connectivity index (χ4n) is 2.17. The first kappa shape index (κ1) is 9.51. The lowest BCUT2D eigenvalue weighted by Crippen LogP contribution is -2.10. The van der Waals surface area contributed by atoms with Crippen LogP contribution in [0.15, 0.2) is 30.4 Å². The Hall–Kier alpha value is -1.04. The first-order valence-corrected chi connectivity index (χ1v) is 5.33. The highest BCUT2D eigenvalue weighted by Gasteiger charge is 2.18. The number of hydrogen-bond acceptors (Lipinski definition) is 0. The van der Waals surface area contributed by atoms with Crippen molar-refractivity contribution < 1.29 is 0 Å². The molecule has 0 atom stereocenters. The van der Waals surface area contributed by atoms with Gasteiger partial charge >= 0.3 is 0 Å². The van der Waals surface area contributed by atoms with Crippen LogP contribution in [0.2, 0.25) is 0 Å². The maximum atomic E-state index is 2.35. The van der Waals surface area contributed by atoms with Gasteiger partial charge < -0.3 is 0 Å². The second-order valence-corrected chi connectivity index (χ2v) is 5.04. The van der Waals surface area contributed by atoms with Crippen molar-refractivity contribution in [2.75, 3.05) is 0 Å². The summed E-state index contributed by atoms with van der Waals surface area (Å²) in [7, 11) is 0. The van der Waals surface area contributed by atoms with Crippen molar-refractivity contribution in [3.05, 3.63) is 47.0 Å². The molecule has 0 saturated heterocycles. The van der Waals surface area contributed by atoms with Gasteiger partial charge in [-0.3, -0.25) is 0 Å². The second kappa shape index (κ2) is 3.27. The SMILES string of the molecule is Cc1ccc2c(c1)CC=CC(C)(C)C2. The number of aryl methyl sites for hydroxylation is 1. The molecule has 0 heterocycles. The van der Waals surface area contributed by atoms with E-state index in [1.807, 2.05) is 0 Å². The van der Waals surface area contributed by atoms with Crippen LogP contribution in [0.5, 0.6) is 0 Å². The van der Waals surface area contributed by atoms with Crippen molar-refractivity contribution in [1.82, 2.24) is 0 Å². The van der Waals surface area contributed by atoms with E-state index >= 15 is 0 Å². The summed E-state index contributed by atoms with van der Waals surface area (Å²) in [6.45, 7) is 6.77. The Labute approximate surface area is 86.7 Å². The minimum atomic E-state index is 0.320. The number of benzene rings is 1. The summed E-state index contributed by atoms with van der Waals surface area (Å²) in [5, 5.41) is 0. The van der Waals surface area contributed by atoms with Gasteiger partial charge in [-0.05, 0) is 36.3 Å². The van der Waals surface area contributed by atoms with Crippen molar-refractivity contribution in [2.24, 2.45) is 5.41 Å². The third-order valence-corrected chi connectivity index (χ3v) is 2.91. The van der Waals surface area contributed by atoms with Crippen molar-refractivity contribution in [2.45, 2.75) is 33.6 Å². The molecule has 14 heavy (non-hydrogen) atoms. The van der Waals surface area contributed by atoms with Crippen LogP contribution in [-0.2, 0) is 12.8 Å². The summed E-state index contributed by atoms with van der Waals surface area (Å²) in [4.78, 5) is 0. The molecule has 0 N–H and O–H groups in total. The fraction of sp³-hybridized carbons (Fsp3) is 0.429. The Morgan fingerprint density at radius 1 is 1.14 bits per heavy atom. The minimum absolute atomic E-state index is 0.320. The van der Waals surface area contributed by atoms with E-state index in [-0.39, 0.29) is 0 Å². The molecular formula is C14H18. The molecule has 0 nitrogen and oxygen atoms in total. The largest absolute Gasteiger partial charge is 0.0836 e. The second-order valence-electron chi connectivity index (χ2n) is 5.04. The number of hydrogen-bond donors (Lipinski definition) is 0. The molecule has 0 aromatic heterocycles. The van der Waals surface area contributed by atoms with E-state index < -0.39 is 0 Å². The molecule has 0 fully saturated rings. The number of rotatable bonds is 0. The Morgan fingerprint density at radius 2 is 1.93 bits per heavy atom. The lowest BCUT2D eigenvalue weighted by molar-refractivity contribution is 0.479. The van der Waals surface area contributed by atoms with Crippen molar-refractivity contribution >= 4 is 0 Å². The molecule has 2 rings (SSSR count). The van der Waals surface area contributed by atoms with Crippen LogP contribution < -0.4 is 0 Å². The van der Waals surface area contributed by atoms with Crippen molar-refractivity contribution in [3.8, 4) is 0 Å². The third-order valence-electron chi connectivity index (χ3n) is 2.91. The average molecular weight is 186 g/mol. The fourth-order valence-corrected chi connectivity index (χ4v) is 2.17. The van der Waals surface area contributed by atoms with E-state index in [0.717, 1.165) is 6.42 Å². The Morgan fingerprint density at radius 3 is 2.71 bits per heavy atom. The predicted octanol–water partition coefficient (Wildman–Crippen LogP) is 3.68. The number of fused-ring (bicyclic) bond motifs is 1. The van der Waals surface area contributed by atoms with E-state index in [1.165, 1.54) is 23.1 Å². The highest BCUT2D eigenvalue weighted by Crippen LogP contribution is 2.29. The molecule has 1 aliphatic carbocycles. The van der Waals surface area contributed by atoms with Gasteiger partial charge in [0, 0.05) is 0 Å². The Kier molecular flexibility index (Phi) is 2.22. The van der Waals surface area contributed by atoms with Crippen LogP contribution in [0.1, 0.15) is 30.5 Å². The summed E-state index contributed by atoms with van der Waals surface area (Å²) in [5.74, 6) is 0. The van der Waals surface area contributed by atoms with Crippen LogP contribution >= 0.6 is 0 Å². The van der Waals surface area contributed by atoms with Crippen molar-refractivity contribution in [3.63, 3.8) is 0 Å². The monoisotopic (exact) mass is 186 g/mol. The van der Waals surface area contributed by atoms with Gasteiger partial charge in [0.15, 0.2) is 0 Å². The zero-order valence-electron chi connectivity index (χ0n) is 9.30. The predicted molar refractivity (Wildman–Crippen MR) is 61.5 cm³/mol. The van der Waals surface area contributed by atoms with E-state index in [1.54, 1.807) is 0 Å². The average Bonchev–Trinajstić information content (AvgIpc) is 2.22. The Bertz CT molecular complexity index is 370. The zero-order chi connectivity index (χ0) is 10.2. The molecule has 0 heteroatoms. The van der Waals surface area contributed by atoms with E-state index in [4.69, 9.17) is 0 Å². The first-order chi connectivity index (χ1) is 6.57. The maximum Gasteiger partial charge on any atom is -0.00944 e. The Balaban J connectivity index is 2.43. The molecular weight excluding hydrogens is 168 g/mol. The molecule has 0 unspecified atom stereocenters. The van der Waals surface area contributed by atoms with Gasteiger partial charge in [-0.15, -0.1) is 0 Å². The van der Waals surface area contributed by atoms with E-state index in [9.17, 15) is 0 Å². The standard InChI is InChI=1S/C14H18/c1-11-6-7-13-10-14(2,3)8-4-5-12(13)9-11/h4,6-9H,5,10H2,1-3H3. The molecule has 0 amide bonds. The molecule has 0 radical (unpaired) electrons. The molecule has 1 aliphatic rings. The van der Waals surface area contributed by atoms with Gasteiger partial charge in [-0.1, -0.05) is 49.8 Å². The van der Waals surface area contributed by atoms with Gasteiger partial charge in [-0.2, -0.15) is 0 Å². The summed E-state index contributed by atoms with van der Waals surface area (Å²) in [5.41, 5.74) is 4.72. The zero-order valence-corrected chi connectivity index (χ0v) is 9.30. The van der Waals surface area contributed by atoms with Gasteiger partial charge in [-0.25, -0.2) is 0 Å². The summed E-state index contributed by atoms with van der Waals surface area (Å²) < 4.78 is 0. The van der Waals surface area contributed by atoms with Crippen molar-refractivity contribution in [1.29, 1.82) is 0 Å². The quantitative estimate of drug-likeness (QED) is 0.542. The first-order valence-electron chi connectivity index (χ1n) is 5.33. The van der Waals surface area contributed by atoms with Crippen LogP contribution in [0.3, 0.4) is 0 Å². The highest BCUT2D eigenvalue weighted by atomic mass is 14.2. The molecule has 1 aromatic rings. The molecule has 0 aliphatic heterocycles. The lowest BCUT2D eigenvalue weighted by atomic mass is 9.85. The normalized spacial score (nSPS) is 18.8. The van der Waals surface area contributed by atoms with E-state index in [0.29, 0.717) is 5.41 Å². The minimum Gasteiger partial charge on any atom is -0.0836 e. The summed E-state index contributed by atoms with van der Waals surface area (Å²) in [6, 6.07) is 6.83.